The van der Waals surface area contributed by atoms with Gasteiger partial charge in [-0.2, -0.15) is 0 Å². The van der Waals surface area contributed by atoms with Crippen molar-refractivity contribution in [1.29, 1.82) is 0 Å². The van der Waals surface area contributed by atoms with Gasteiger partial charge in [-0.05, 0) is 5.57 Å². The predicted octanol–water partition coefficient (Wildman–Crippen LogP) is -0.969. The molecule has 0 radical (unpaired) electrons. The van der Waals surface area contributed by atoms with Crippen molar-refractivity contribution in [3.63, 3.8) is 0 Å². The zero-order valence-corrected chi connectivity index (χ0v) is 9.00. The van der Waals surface area contributed by atoms with E-state index < -0.39 is 0 Å². The number of imidazole rings is 1. The van der Waals surface area contributed by atoms with E-state index in [0.29, 0.717) is 17.8 Å². The van der Waals surface area contributed by atoms with E-state index in [2.05, 4.69) is 15.0 Å². The number of aliphatic hydroxyl groups is 2. The van der Waals surface area contributed by atoms with Gasteiger partial charge in [0.1, 0.15) is 0 Å². The van der Waals surface area contributed by atoms with Crippen molar-refractivity contribution in [2.24, 2.45) is 0 Å². The molecule has 2 rings (SSSR count). The molecule has 0 fully saturated rings. The smallest absolute Gasteiger partial charge is 0.278 e. The first-order valence-electron chi connectivity index (χ1n) is 5.04. The normalized spacial score (nSPS) is 10.7. The van der Waals surface area contributed by atoms with E-state index >= 15 is 0 Å². The van der Waals surface area contributed by atoms with Crippen LogP contribution in [-0.2, 0) is 6.54 Å². The maximum atomic E-state index is 11.4. The van der Waals surface area contributed by atoms with Crippen molar-refractivity contribution in [3.8, 4) is 0 Å². The molecule has 90 valence electrons. The maximum absolute atomic E-state index is 11.4. The number of H-pyrrole nitrogens is 1. The van der Waals surface area contributed by atoms with Gasteiger partial charge >= 0.3 is 0 Å². The van der Waals surface area contributed by atoms with Crippen molar-refractivity contribution >= 4 is 11.2 Å². The van der Waals surface area contributed by atoms with Crippen LogP contribution in [-0.4, -0.2) is 42.9 Å². The van der Waals surface area contributed by atoms with Crippen LogP contribution in [0.1, 0.15) is 0 Å². The zero-order chi connectivity index (χ0) is 12.3. The van der Waals surface area contributed by atoms with E-state index in [0.717, 1.165) is 0 Å². The van der Waals surface area contributed by atoms with E-state index in [1.807, 2.05) is 0 Å². The topological polar surface area (TPSA) is 104 Å². The minimum atomic E-state index is -0.290. The molecular formula is C10H12N4O3. The second-order valence-corrected chi connectivity index (χ2v) is 3.48. The van der Waals surface area contributed by atoms with Gasteiger partial charge < -0.3 is 19.8 Å². The standard InChI is InChI=1S/C10H12N4O3/c15-3-7(4-16)1-2-14-6-13-8-9(14)11-5-12-10(8)17/h1,5-6,15-16H,2-4H2,(H,11,12,17). The minimum absolute atomic E-state index is 0.197. The number of aliphatic hydroxyl groups excluding tert-OH is 2. The lowest BCUT2D eigenvalue weighted by atomic mass is 10.3. The molecule has 2 heterocycles. The number of nitrogens with one attached hydrogen (secondary N) is 1. The number of aromatic nitrogens is 4. The van der Waals surface area contributed by atoms with E-state index in [-0.39, 0.29) is 24.3 Å². The molecular weight excluding hydrogens is 224 g/mol. The summed E-state index contributed by atoms with van der Waals surface area (Å²) >= 11 is 0. The zero-order valence-electron chi connectivity index (χ0n) is 9.00. The van der Waals surface area contributed by atoms with Gasteiger partial charge in [0.2, 0.25) is 0 Å². The molecule has 0 bridgehead atoms. The predicted molar refractivity (Wildman–Crippen MR) is 60.4 cm³/mol. The summed E-state index contributed by atoms with van der Waals surface area (Å²) in [6, 6.07) is 0. The molecule has 0 aliphatic heterocycles. The molecule has 0 saturated carbocycles. The number of fused-ring (bicyclic) bond motifs is 1. The van der Waals surface area contributed by atoms with Gasteiger partial charge in [-0.3, -0.25) is 4.79 Å². The van der Waals surface area contributed by atoms with Crippen LogP contribution in [0.3, 0.4) is 0 Å². The second kappa shape index (κ2) is 4.89. The number of aromatic amines is 1. The molecule has 0 spiro atoms. The van der Waals surface area contributed by atoms with E-state index in [9.17, 15) is 4.79 Å². The Bertz CT molecular complexity index is 593. The lowest BCUT2D eigenvalue weighted by Crippen LogP contribution is -2.07. The summed E-state index contributed by atoms with van der Waals surface area (Å²) in [6.07, 6.45) is 4.48. The maximum Gasteiger partial charge on any atom is 0.278 e. The van der Waals surface area contributed by atoms with Gasteiger partial charge in [-0.1, -0.05) is 6.08 Å². The highest BCUT2D eigenvalue weighted by Crippen LogP contribution is 2.04. The average Bonchev–Trinajstić information content (AvgIpc) is 2.75. The number of nitrogens with zero attached hydrogens (tertiary/aromatic N) is 3. The summed E-state index contributed by atoms with van der Waals surface area (Å²) in [7, 11) is 0. The molecule has 0 aliphatic carbocycles. The molecule has 17 heavy (non-hydrogen) atoms. The average molecular weight is 236 g/mol. The van der Waals surface area contributed by atoms with Crippen molar-refractivity contribution in [2.75, 3.05) is 13.2 Å². The van der Waals surface area contributed by atoms with Crippen molar-refractivity contribution < 1.29 is 10.2 Å². The summed E-state index contributed by atoms with van der Waals surface area (Å²) < 4.78 is 1.66. The molecule has 0 amide bonds. The molecule has 0 aliphatic rings. The summed E-state index contributed by atoms with van der Waals surface area (Å²) in [5, 5.41) is 17.8. The highest BCUT2D eigenvalue weighted by atomic mass is 16.3. The van der Waals surface area contributed by atoms with Crippen LogP contribution in [0.2, 0.25) is 0 Å². The van der Waals surface area contributed by atoms with Gasteiger partial charge in [0.25, 0.3) is 5.56 Å². The van der Waals surface area contributed by atoms with Gasteiger partial charge in [0.15, 0.2) is 11.2 Å². The van der Waals surface area contributed by atoms with E-state index in [1.54, 1.807) is 10.6 Å². The molecule has 0 aromatic carbocycles. The van der Waals surface area contributed by atoms with Crippen LogP contribution in [0.15, 0.2) is 29.1 Å². The van der Waals surface area contributed by atoms with Crippen LogP contribution in [0.4, 0.5) is 0 Å². The lowest BCUT2D eigenvalue weighted by molar-refractivity contribution is 0.275. The van der Waals surface area contributed by atoms with Crippen LogP contribution < -0.4 is 5.56 Å². The Morgan fingerprint density at radius 3 is 2.88 bits per heavy atom. The van der Waals surface area contributed by atoms with Crippen LogP contribution in [0, 0.1) is 0 Å². The molecule has 0 atom stereocenters. The fraction of sp³-hybridized carbons (Fsp3) is 0.300. The Morgan fingerprint density at radius 2 is 2.18 bits per heavy atom. The summed E-state index contributed by atoms with van der Waals surface area (Å²) in [5.41, 5.74) is 0.967. The molecule has 7 heteroatoms. The number of rotatable bonds is 4. The van der Waals surface area contributed by atoms with Crippen LogP contribution >= 0.6 is 0 Å². The van der Waals surface area contributed by atoms with E-state index in [1.165, 1.54) is 12.7 Å². The van der Waals surface area contributed by atoms with Crippen LogP contribution in [0.5, 0.6) is 0 Å². The Balaban J connectivity index is 2.34. The third-order valence-electron chi connectivity index (χ3n) is 2.39. The molecule has 2 aromatic rings. The first-order valence-corrected chi connectivity index (χ1v) is 5.04. The van der Waals surface area contributed by atoms with Gasteiger partial charge in [0, 0.05) is 6.54 Å². The fourth-order valence-electron chi connectivity index (χ4n) is 1.43. The Kier molecular flexibility index (Phi) is 3.31. The van der Waals surface area contributed by atoms with Gasteiger partial charge in [-0.25, -0.2) is 9.97 Å². The largest absolute Gasteiger partial charge is 0.392 e. The summed E-state index contributed by atoms with van der Waals surface area (Å²) in [6.45, 7) is -0.00229. The van der Waals surface area contributed by atoms with Gasteiger partial charge in [-0.15, -0.1) is 0 Å². The minimum Gasteiger partial charge on any atom is -0.392 e. The SMILES string of the molecule is O=c1[nH]cnc2c1ncn2CC=C(CO)CO. The Labute approximate surface area is 96.1 Å². The molecule has 0 saturated heterocycles. The molecule has 0 unspecified atom stereocenters. The lowest BCUT2D eigenvalue weighted by Gasteiger charge is -2.01. The second-order valence-electron chi connectivity index (χ2n) is 3.48. The first kappa shape index (κ1) is 11.5. The van der Waals surface area contributed by atoms with Crippen LogP contribution in [0.25, 0.3) is 11.2 Å². The fourth-order valence-corrected chi connectivity index (χ4v) is 1.43. The Morgan fingerprint density at radius 1 is 1.41 bits per heavy atom. The van der Waals surface area contributed by atoms with E-state index in [4.69, 9.17) is 10.2 Å². The quantitative estimate of drug-likeness (QED) is 0.592. The summed E-state index contributed by atoms with van der Waals surface area (Å²) in [5.74, 6) is 0. The number of hydrogen-bond donors (Lipinski definition) is 3. The third-order valence-corrected chi connectivity index (χ3v) is 2.39. The van der Waals surface area contributed by atoms with Crippen molar-refractivity contribution in [3.05, 3.63) is 34.7 Å². The first-order chi connectivity index (χ1) is 8.26. The Hall–Kier alpha value is -1.99. The monoisotopic (exact) mass is 236 g/mol. The third kappa shape index (κ3) is 2.24. The molecule has 2 aromatic heterocycles. The van der Waals surface area contributed by atoms with Crippen molar-refractivity contribution in [1.82, 2.24) is 19.5 Å². The number of allylic oxidation sites excluding steroid dienone is 1. The van der Waals surface area contributed by atoms with Gasteiger partial charge in [0.05, 0.1) is 25.9 Å². The molecule has 3 N–H and O–H groups in total. The van der Waals surface area contributed by atoms with Crippen molar-refractivity contribution in [2.45, 2.75) is 6.54 Å². The highest BCUT2D eigenvalue weighted by molar-refractivity contribution is 5.68. The molecule has 7 nitrogen and oxygen atoms in total. The highest BCUT2D eigenvalue weighted by Gasteiger charge is 2.05. The number of hydrogen-bond acceptors (Lipinski definition) is 5. The summed E-state index contributed by atoms with van der Waals surface area (Å²) in [4.78, 5) is 21.8.